The molecule has 11 nitrogen and oxygen atoms in total. The Morgan fingerprint density at radius 2 is 1.64 bits per heavy atom. The van der Waals surface area contributed by atoms with Gasteiger partial charge in [0.05, 0.1) is 0 Å². The number of nitrogens with one attached hydrogen (secondary N) is 3. The number of benzene rings is 2. The van der Waals surface area contributed by atoms with E-state index in [1.807, 2.05) is 6.07 Å². The van der Waals surface area contributed by atoms with Gasteiger partial charge in [0.25, 0.3) is 0 Å². The zero-order valence-corrected chi connectivity index (χ0v) is 21.5. The van der Waals surface area contributed by atoms with Crippen LogP contribution in [0.5, 0.6) is 0 Å². The van der Waals surface area contributed by atoms with E-state index in [2.05, 4.69) is 16.0 Å². The molecule has 0 saturated carbocycles. The number of carbonyl (C=O) groups is 5. The fourth-order valence-corrected chi connectivity index (χ4v) is 6.97. The summed E-state index contributed by atoms with van der Waals surface area (Å²) in [4.78, 5) is 59.2. The number of rotatable bonds is 14. The van der Waals surface area contributed by atoms with Gasteiger partial charge in [-0.2, -0.15) is 0 Å². The van der Waals surface area contributed by atoms with Gasteiger partial charge >= 0.3 is 217 Å². The van der Waals surface area contributed by atoms with Crippen molar-refractivity contribution in [2.45, 2.75) is 24.9 Å². The average Bonchev–Trinajstić information content (AvgIpc) is 2.85. The quantitative estimate of drug-likeness (QED) is 0.164. The molecule has 2 rings (SSSR count). The number of amides is 3. The van der Waals surface area contributed by atoms with E-state index in [1.54, 1.807) is 48.5 Å². The van der Waals surface area contributed by atoms with E-state index >= 15 is 0 Å². The summed E-state index contributed by atoms with van der Waals surface area (Å²) in [6, 6.07) is 13.8. The third-order valence-electron chi connectivity index (χ3n) is 4.61. The number of carboxylic acids is 2. The molecule has 3 amide bonds. The van der Waals surface area contributed by atoms with Gasteiger partial charge in [-0.1, -0.05) is 0 Å². The summed E-state index contributed by atoms with van der Waals surface area (Å²) in [5.74, 6) is -3.93. The molecule has 2 atom stereocenters. The molecule has 0 heterocycles. The Balaban J connectivity index is 2.01. The Morgan fingerprint density at radius 3 is 2.31 bits per heavy atom. The van der Waals surface area contributed by atoms with Crippen LogP contribution in [0.25, 0.3) is 0 Å². The molecule has 0 saturated heterocycles. The van der Waals surface area contributed by atoms with Crippen molar-refractivity contribution in [3.05, 3.63) is 60.2 Å². The van der Waals surface area contributed by atoms with Crippen molar-refractivity contribution in [3.8, 4) is 0 Å². The fraction of sp³-hybridized carbons (Fsp3) is 0.261. The zero-order valence-electron chi connectivity index (χ0n) is 19.0. The third-order valence-corrected chi connectivity index (χ3v) is 8.85. The summed E-state index contributed by atoms with van der Waals surface area (Å²) in [6.07, 6.45) is -0.333. The predicted octanol–water partition coefficient (Wildman–Crippen LogP) is -0.206. The molecule has 13 heteroatoms. The number of hydrogen-bond acceptors (Lipinski definition) is 7. The van der Waals surface area contributed by atoms with E-state index in [0.29, 0.717) is 11.3 Å². The van der Waals surface area contributed by atoms with Crippen LogP contribution >= 0.6 is 10.2 Å². The molecular weight excluding hydrogens is 555 g/mol. The summed E-state index contributed by atoms with van der Waals surface area (Å²) >= 11 is -0.327. The first-order chi connectivity index (χ1) is 17.2. The first-order valence-corrected chi connectivity index (χ1v) is 14.6. The number of nitrogens with two attached hydrogens (primary N) is 1. The summed E-state index contributed by atoms with van der Waals surface area (Å²) in [5, 5.41) is 25.2. The van der Waals surface area contributed by atoms with Crippen LogP contribution in [0.1, 0.15) is 23.2 Å². The second kappa shape index (κ2) is 14.9. The Labute approximate surface area is 216 Å². The van der Waals surface area contributed by atoms with E-state index in [9.17, 15) is 24.0 Å². The van der Waals surface area contributed by atoms with Crippen molar-refractivity contribution < 1.29 is 34.2 Å². The monoisotopic (exact) mass is 582 g/mol. The van der Waals surface area contributed by atoms with Crippen molar-refractivity contribution in [1.82, 2.24) is 10.6 Å². The van der Waals surface area contributed by atoms with Crippen LogP contribution in [-0.4, -0.2) is 78.1 Å². The van der Waals surface area contributed by atoms with E-state index in [1.165, 1.54) is 10.2 Å². The summed E-state index contributed by atoms with van der Waals surface area (Å²) in [5.41, 5.74) is 6.54. The number of hydrogen-bond donors (Lipinski definition) is 6. The molecule has 0 fully saturated rings. The van der Waals surface area contributed by atoms with E-state index in [-0.39, 0.29) is 38.3 Å². The van der Waals surface area contributed by atoms with Crippen LogP contribution < -0.4 is 26.1 Å². The maximum atomic E-state index is 12.8. The Bertz CT molecular complexity index is 1090. The number of anilines is 1. The molecular formula is C23H26N4O7SSe. The van der Waals surface area contributed by atoms with Gasteiger partial charge in [0, 0.05) is 0 Å². The van der Waals surface area contributed by atoms with Crippen molar-refractivity contribution in [1.29, 1.82) is 0 Å². The van der Waals surface area contributed by atoms with E-state index < -0.39 is 42.4 Å². The Morgan fingerprint density at radius 1 is 0.972 bits per heavy atom. The van der Waals surface area contributed by atoms with Gasteiger partial charge in [-0.25, -0.2) is 0 Å². The van der Waals surface area contributed by atoms with E-state index in [4.69, 9.17) is 15.9 Å². The molecule has 2 aromatic carbocycles. The minimum atomic E-state index is -1.24. The molecule has 0 aromatic heterocycles. The number of carboxylic acid groups (broad SMARTS) is 2. The molecule has 0 aliphatic carbocycles. The summed E-state index contributed by atoms with van der Waals surface area (Å²) in [6.45, 7) is -0.618. The Hall–Kier alpha value is -3.38. The predicted molar refractivity (Wildman–Crippen MR) is 136 cm³/mol. The average molecular weight is 582 g/mol. The van der Waals surface area contributed by atoms with Crippen LogP contribution in [0.3, 0.4) is 0 Å². The number of para-hydroxylation sites is 1. The summed E-state index contributed by atoms with van der Waals surface area (Å²) < 4.78 is 0.770. The van der Waals surface area contributed by atoms with Gasteiger partial charge in [0.15, 0.2) is 0 Å². The van der Waals surface area contributed by atoms with Gasteiger partial charge in [-0.05, 0) is 0 Å². The SMILES string of the molecule is N[C@@H](CCC(=O)N[C@@H](CS[Se]c1ccccc1C(=O)Nc1ccccc1)C(=O)NCC(=O)O)C(=O)O. The molecule has 0 radical (unpaired) electrons. The number of carbonyl (C=O) groups excluding carboxylic acids is 3. The minimum absolute atomic E-state index is 0.108. The van der Waals surface area contributed by atoms with Gasteiger partial charge in [-0.3, -0.25) is 0 Å². The van der Waals surface area contributed by atoms with Crippen LogP contribution in [-0.2, 0) is 19.2 Å². The van der Waals surface area contributed by atoms with Crippen LogP contribution in [0.4, 0.5) is 5.69 Å². The second-order valence-corrected chi connectivity index (χ2v) is 11.6. The van der Waals surface area contributed by atoms with Crippen molar-refractivity contribution in [3.63, 3.8) is 0 Å². The van der Waals surface area contributed by atoms with E-state index in [0.717, 1.165) is 4.46 Å². The van der Waals surface area contributed by atoms with Gasteiger partial charge in [0.2, 0.25) is 0 Å². The normalized spacial score (nSPS) is 12.1. The van der Waals surface area contributed by atoms with Gasteiger partial charge in [-0.15, -0.1) is 0 Å². The van der Waals surface area contributed by atoms with Gasteiger partial charge < -0.3 is 0 Å². The standard InChI is InChI=1S/C23H26N4O7SSe/c24-16(23(33)34)10-11-19(28)27-17(22(32)25-12-20(29)30)13-35-36-18-9-5-4-8-15(18)21(31)26-14-6-2-1-3-7-14/h1-9,16-17H,10-13,24H2,(H,25,32)(H,26,31)(H,27,28)(H,29,30)(H,33,34)/t16-,17-/m0/s1. The molecule has 0 unspecified atom stereocenters. The summed E-state index contributed by atoms with van der Waals surface area (Å²) in [7, 11) is 1.33. The zero-order chi connectivity index (χ0) is 26.5. The van der Waals surface area contributed by atoms with Crippen molar-refractivity contribution in [2.24, 2.45) is 5.73 Å². The molecule has 0 spiro atoms. The topological polar surface area (TPSA) is 188 Å². The molecule has 192 valence electrons. The second-order valence-electron chi connectivity index (χ2n) is 7.40. The molecule has 0 aliphatic heterocycles. The first kappa shape index (κ1) is 28.9. The molecule has 0 bridgehead atoms. The van der Waals surface area contributed by atoms with Crippen LogP contribution in [0.2, 0.25) is 0 Å². The van der Waals surface area contributed by atoms with Crippen LogP contribution in [0.15, 0.2) is 54.6 Å². The third kappa shape index (κ3) is 10.1. The Kier molecular flexibility index (Phi) is 11.9. The maximum absolute atomic E-state index is 12.8. The molecule has 0 aliphatic rings. The molecule has 36 heavy (non-hydrogen) atoms. The van der Waals surface area contributed by atoms with Crippen molar-refractivity contribution in [2.75, 3.05) is 17.6 Å². The van der Waals surface area contributed by atoms with Crippen molar-refractivity contribution >= 4 is 63.8 Å². The first-order valence-electron chi connectivity index (χ1n) is 10.7. The van der Waals surface area contributed by atoms with Gasteiger partial charge in [0.1, 0.15) is 0 Å². The van der Waals surface area contributed by atoms with Crippen LogP contribution in [0, 0.1) is 0 Å². The molecule has 7 N–H and O–H groups in total. The molecule has 2 aromatic rings. The number of aliphatic carboxylic acids is 2. The fourth-order valence-electron chi connectivity index (χ4n) is 2.76.